The number of carbonyl (C=O) groups excluding carboxylic acids is 2. The predicted molar refractivity (Wildman–Crippen MR) is 95.2 cm³/mol. The van der Waals surface area contributed by atoms with Gasteiger partial charge >= 0.3 is 11.9 Å². The smallest absolute Gasteiger partial charge is 0.342 e. The molecule has 0 saturated carbocycles. The van der Waals surface area contributed by atoms with E-state index in [-0.39, 0.29) is 29.3 Å². The summed E-state index contributed by atoms with van der Waals surface area (Å²) in [6, 6.07) is 11.2. The summed E-state index contributed by atoms with van der Waals surface area (Å²) in [5, 5.41) is 0.521. The molecule has 0 fully saturated rings. The topological polar surface area (TPSA) is 61.8 Å². The maximum absolute atomic E-state index is 13.8. The van der Waals surface area contributed by atoms with Crippen LogP contribution in [-0.4, -0.2) is 26.2 Å². The van der Waals surface area contributed by atoms with Crippen LogP contribution < -0.4 is 4.74 Å². The van der Waals surface area contributed by atoms with Gasteiger partial charge in [0.2, 0.25) is 0 Å². The minimum Gasteiger partial charge on any atom is -0.487 e. The zero-order valence-electron chi connectivity index (χ0n) is 14.1. The Morgan fingerprint density at radius 1 is 1.04 bits per heavy atom. The molecule has 1 heterocycles. The molecule has 0 aliphatic rings. The normalized spacial score (nSPS) is 10.6. The molecule has 2 aromatic carbocycles. The largest absolute Gasteiger partial charge is 0.487 e. The first-order chi connectivity index (χ1) is 12.5. The number of rotatable bonds is 5. The zero-order chi connectivity index (χ0) is 18.7. The van der Waals surface area contributed by atoms with Crippen molar-refractivity contribution in [1.29, 1.82) is 0 Å². The second-order valence-corrected chi connectivity index (χ2v) is 6.48. The van der Waals surface area contributed by atoms with E-state index in [2.05, 4.69) is 0 Å². The molecule has 0 spiro atoms. The van der Waals surface area contributed by atoms with Crippen molar-refractivity contribution in [2.75, 3.05) is 14.2 Å². The van der Waals surface area contributed by atoms with Crippen LogP contribution in [0.2, 0.25) is 0 Å². The second-order valence-electron chi connectivity index (χ2n) is 5.31. The molecule has 0 aliphatic heterocycles. The molecule has 7 heteroatoms. The van der Waals surface area contributed by atoms with Crippen LogP contribution in [0.5, 0.6) is 5.75 Å². The lowest BCUT2D eigenvalue weighted by Gasteiger charge is -2.12. The number of hydrogen-bond acceptors (Lipinski definition) is 6. The first-order valence-electron chi connectivity index (χ1n) is 7.64. The molecule has 3 aromatic rings. The van der Waals surface area contributed by atoms with Gasteiger partial charge in [-0.1, -0.05) is 12.1 Å². The van der Waals surface area contributed by atoms with Crippen molar-refractivity contribution >= 4 is 33.4 Å². The first-order valence-corrected chi connectivity index (χ1v) is 8.46. The maximum Gasteiger partial charge on any atom is 0.342 e. The Bertz CT molecular complexity index is 979. The monoisotopic (exact) mass is 374 g/mol. The highest BCUT2D eigenvalue weighted by atomic mass is 32.1. The number of benzene rings is 2. The lowest BCUT2D eigenvalue weighted by atomic mass is 10.1. The molecule has 0 amide bonds. The third-order valence-electron chi connectivity index (χ3n) is 3.75. The Hall–Kier alpha value is -2.93. The molecule has 0 atom stereocenters. The van der Waals surface area contributed by atoms with E-state index in [0.29, 0.717) is 5.39 Å². The summed E-state index contributed by atoms with van der Waals surface area (Å²) in [7, 11) is 2.44. The highest BCUT2D eigenvalue weighted by Gasteiger charge is 2.23. The van der Waals surface area contributed by atoms with Crippen molar-refractivity contribution in [3.8, 4) is 5.75 Å². The van der Waals surface area contributed by atoms with Crippen molar-refractivity contribution in [3.05, 3.63) is 64.3 Å². The number of carbonyl (C=O) groups is 2. The fraction of sp³-hybridized carbons (Fsp3) is 0.158. The van der Waals surface area contributed by atoms with E-state index in [1.54, 1.807) is 24.3 Å². The highest BCUT2D eigenvalue weighted by Crippen LogP contribution is 2.30. The Morgan fingerprint density at radius 2 is 1.77 bits per heavy atom. The van der Waals surface area contributed by atoms with Gasteiger partial charge in [-0.15, -0.1) is 11.3 Å². The summed E-state index contributed by atoms with van der Waals surface area (Å²) in [5.74, 6) is -1.48. The number of ether oxygens (including phenoxy) is 3. The summed E-state index contributed by atoms with van der Waals surface area (Å²) in [4.78, 5) is 24.8. The van der Waals surface area contributed by atoms with Gasteiger partial charge in [-0.2, -0.15) is 0 Å². The molecule has 0 N–H and O–H groups in total. The molecule has 0 radical (unpaired) electrons. The SMILES string of the molecule is COC(=O)c1cccc(OCc2cc3c(F)cccc3s2)c1C(=O)OC. The summed E-state index contributed by atoms with van der Waals surface area (Å²) < 4.78 is 29.8. The van der Waals surface area contributed by atoms with Crippen molar-refractivity contribution in [2.45, 2.75) is 6.61 Å². The number of methoxy groups -OCH3 is 2. The molecule has 3 rings (SSSR count). The molecular weight excluding hydrogens is 359 g/mol. The van der Waals surface area contributed by atoms with E-state index in [1.165, 1.54) is 37.7 Å². The Labute approximate surface area is 152 Å². The van der Waals surface area contributed by atoms with Crippen molar-refractivity contribution in [1.82, 2.24) is 0 Å². The zero-order valence-corrected chi connectivity index (χ0v) is 14.9. The van der Waals surface area contributed by atoms with Crippen LogP contribution in [0.25, 0.3) is 10.1 Å². The van der Waals surface area contributed by atoms with Crippen molar-refractivity contribution in [2.24, 2.45) is 0 Å². The van der Waals surface area contributed by atoms with Crippen LogP contribution in [0.3, 0.4) is 0 Å². The van der Waals surface area contributed by atoms with Gasteiger partial charge in [0, 0.05) is 15.0 Å². The fourth-order valence-electron chi connectivity index (χ4n) is 2.54. The average molecular weight is 374 g/mol. The van der Waals surface area contributed by atoms with E-state index in [9.17, 15) is 14.0 Å². The molecule has 0 saturated heterocycles. The third kappa shape index (κ3) is 3.39. The third-order valence-corrected chi connectivity index (χ3v) is 4.82. The Balaban J connectivity index is 1.92. The predicted octanol–water partition coefficient (Wildman–Crippen LogP) is 4.19. The van der Waals surface area contributed by atoms with Crippen LogP contribution >= 0.6 is 11.3 Å². The van der Waals surface area contributed by atoms with E-state index >= 15 is 0 Å². The minimum absolute atomic E-state index is 0.00542. The molecule has 0 unspecified atom stereocenters. The highest BCUT2D eigenvalue weighted by molar-refractivity contribution is 7.19. The fourth-order valence-corrected chi connectivity index (χ4v) is 3.53. The van der Waals surface area contributed by atoms with Gasteiger partial charge in [0.15, 0.2) is 0 Å². The lowest BCUT2D eigenvalue weighted by Crippen LogP contribution is -2.13. The van der Waals surface area contributed by atoms with Gasteiger partial charge < -0.3 is 14.2 Å². The van der Waals surface area contributed by atoms with Crippen LogP contribution in [0.4, 0.5) is 4.39 Å². The summed E-state index contributed by atoms with van der Waals surface area (Å²) in [5.41, 5.74) is 0.0494. The Morgan fingerprint density at radius 3 is 2.46 bits per heavy atom. The van der Waals surface area contributed by atoms with Crippen molar-refractivity contribution < 1.29 is 28.2 Å². The van der Waals surface area contributed by atoms with Gasteiger partial charge in [0.05, 0.1) is 19.8 Å². The molecule has 1 aromatic heterocycles. The van der Waals surface area contributed by atoms with Gasteiger partial charge in [0.25, 0.3) is 0 Å². The van der Waals surface area contributed by atoms with E-state index in [0.717, 1.165) is 9.58 Å². The molecule has 5 nitrogen and oxygen atoms in total. The lowest BCUT2D eigenvalue weighted by molar-refractivity contribution is 0.0551. The standard InChI is InChI=1S/C19H15FO5S/c1-23-18(21)12-5-3-7-15(17(12)19(22)24-2)25-10-11-9-13-14(20)6-4-8-16(13)26-11/h3-9H,10H2,1-2H3. The molecule has 0 bridgehead atoms. The van der Waals surface area contributed by atoms with Crippen LogP contribution in [0, 0.1) is 5.82 Å². The van der Waals surface area contributed by atoms with E-state index < -0.39 is 11.9 Å². The van der Waals surface area contributed by atoms with Crippen LogP contribution in [0.1, 0.15) is 25.6 Å². The quantitative estimate of drug-likeness (QED) is 0.627. The summed E-state index contributed by atoms with van der Waals surface area (Å²) in [6.45, 7) is 0.118. The first kappa shape index (κ1) is 17.9. The minimum atomic E-state index is -0.705. The van der Waals surface area contributed by atoms with Crippen LogP contribution in [0.15, 0.2) is 42.5 Å². The number of halogens is 1. The molecule has 0 aliphatic carbocycles. The summed E-state index contributed by atoms with van der Waals surface area (Å²) >= 11 is 1.39. The van der Waals surface area contributed by atoms with Crippen molar-refractivity contribution in [3.63, 3.8) is 0 Å². The van der Waals surface area contributed by atoms with Gasteiger partial charge in [-0.3, -0.25) is 0 Å². The van der Waals surface area contributed by atoms with Gasteiger partial charge in [0.1, 0.15) is 23.7 Å². The molecular formula is C19H15FO5S. The summed E-state index contributed by atoms with van der Waals surface area (Å²) in [6.07, 6.45) is 0. The number of esters is 2. The van der Waals surface area contributed by atoms with E-state index in [1.807, 2.05) is 6.07 Å². The maximum atomic E-state index is 13.8. The van der Waals surface area contributed by atoms with E-state index in [4.69, 9.17) is 14.2 Å². The number of thiophene rings is 1. The van der Waals surface area contributed by atoms with Crippen LogP contribution in [-0.2, 0) is 16.1 Å². The number of hydrogen-bond donors (Lipinski definition) is 0. The van der Waals surface area contributed by atoms with Gasteiger partial charge in [-0.25, -0.2) is 14.0 Å². The molecule has 134 valence electrons. The molecule has 26 heavy (non-hydrogen) atoms. The van der Waals surface area contributed by atoms with Gasteiger partial charge in [-0.05, 0) is 30.3 Å². The average Bonchev–Trinajstić information content (AvgIpc) is 3.09. The Kier molecular flexibility index (Phi) is 5.18. The second kappa shape index (κ2) is 7.53. The number of fused-ring (bicyclic) bond motifs is 1.